The monoisotopic (exact) mass is 261 g/mol. The second kappa shape index (κ2) is 6.61. The highest BCUT2D eigenvalue weighted by molar-refractivity contribution is 6.35. The van der Waals surface area contributed by atoms with Gasteiger partial charge in [-0.15, -0.1) is 0 Å². The second-order valence-electron chi connectivity index (χ2n) is 3.14. The van der Waals surface area contributed by atoms with E-state index >= 15 is 0 Å². The maximum atomic E-state index is 11.1. The van der Waals surface area contributed by atoms with E-state index in [1.54, 1.807) is 25.1 Å². The first-order valence-corrected chi connectivity index (χ1v) is 5.73. The molecule has 0 aliphatic heterocycles. The van der Waals surface area contributed by atoms with Gasteiger partial charge < -0.3 is 10.1 Å². The fourth-order valence-corrected chi connectivity index (χ4v) is 1.72. The minimum absolute atomic E-state index is 0.219. The predicted molar refractivity (Wildman–Crippen MR) is 66.2 cm³/mol. The van der Waals surface area contributed by atoms with Crippen molar-refractivity contribution in [2.45, 2.75) is 13.3 Å². The molecule has 0 amide bonds. The third-order valence-electron chi connectivity index (χ3n) is 1.83. The van der Waals surface area contributed by atoms with Crippen molar-refractivity contribution in [3.05, 3.63) is 28.2 Å². The van der Waals surface area contributed by atoms with Crippen LogP contribution in [0.1, 0.15) is 13.3 Å². The Kier molecular flexibility index (Phi) is 5.43. The summed E-state index contributed by atoms with van der Waals surface area (Å²) in [4.78, 5) is 11.1. The lowest BCUT2D eigenvalue weighted by Crippen LogP contribution is -2.11. The number of esters is 1. The molecule has 1 rings (SSSR count). The summed E-state index contributed by atoms with van der Waals surface area (Å²) in [6.45, 7) is 2.68. The molecule has 0 atom stereocenters. The van der Waals surface area contributed by atoms with Crippen LogP contribution in [-0.2, 0) is 9.53 Å². The van der Waals surface area contributed by atoms with Gasteiger partial charge in [-0.2, -0.15) is 0 Å². The van der Waals surface area contributed by atoms with Crippen LogP contribution in [0, 0.1) is 0 Å². The van der Waals surface area contributed by atoms with Gasteiger partial charge in [0, 0.05) is 22.3 Å². The molecule has 0 fully saturated rings. The molecular weight excluding hydrogens is 249 g/mol. The number of halogens is 2. The Labute approximate surface area is 105 Å². The van der Waals surface area contributed by atoms with E-state index in [2.05, 4.69) is 5.32 Å². The van der Waals surface area contributed by atoms with E-state index in [9.17, 15) is 4.79 Å². The number of hydrogen-bond donors (Lipinski definition) is 1. The Morgan fingerprint density at radius 3 is 2.50 bits per heavy atom. The maximum Gasteiger partial charge on any atom is 0.307 e. The van der Waals surface area contributed by atoms with Gasteiger partial charge in [-0.25, -0.2) is 0 Å². The fourth-order valence-electron chi connectivity index (χ4n) is 1.20. The second-order valence-corrected chi connectivity index (χ2v) is 4.01. The summed E-state index contributed by atoms with van der Waals surface area (Å²) >= 11 is 11.7. The molecule has 16 heavy (non-hydrogen) atoms. The summed E-state index contributed by atoms with van der Waals surface area (Å²) in [6, 6.07) is 5.15. The van der Waals surface area contributed by atoms with E-state index in [4.69, 9.17) is 27.9 Å². The zero-order valence-corrected chi connectivity index (χ0v) is 10.4. The smallest absolute Gasteiger partial charge is 0.307 e. The third-order valence-corrected chi connectivity index (χ3v) is 2.26. The third kappa shape index (κ3) is 4.73. The normalized spacial score (nSPS) is 9.94. The summed E-state index contributed by atoms with van der Waals surface area (Å²) in [7, 11) is 0. The van der Waals surface area contributed by atoms with Crippen molar-refractivity contribution in [3.63, 3.8) is 0 Å². The van der Waals surface area contributed by atoms with Gasteiger partial charge in [0.05, 0.1) is 13.0 Å². The number of ether oxygens (including phenoxy) is 1. The molecular formula is C11H13Cl2NO2. The van der Waals surface area contributed by atoms with Gasteiger partial charge in [0.25, 0.3) is 0 Å². The zero-order chi connectivity index (χ0) is 12.0. The molecule has 0 spiro atoms. The van der Waals surface area contributed by atoms with Crippen LogP contribution in [0.15, 0.2) is 18.2 Å². The van der Waals surface area contributed by atoms with Crippen LogP contribution in [-0.4, -0.2) is 19.1 Å². The van der Waals surface area contributed by atoms with Gasteiger partial charge in [0.2, 0.25) is 0 Å². The maximum absolute atomic E-state index is 11.1. The average molecular weight is 262 g/mol. The molecule has 88 valence electrons. The SMILES string of the molecule is CCOC(=O)CCNc1cc(Cl)cc(Cl)c1. The van der Waals surface area contributed by atoms with Crippen LogP contribution in [0.5, 0.6) is 0 Å². The first-order valence-electron chi connectivity index (χ1n) is 4.97. The molecule has 0 aliphatic rings. The molecule has 0 aliphatic carbocycles. The molecule has 1 N–H and O–H groups in total. The Balaban J connectivity index is 2.40. The molecule has 0 unspecified atom stereocenters. The fraction of sp³-hybridized carbons (Fsp3) is 0.364. The highest BCUT2D eigenvalue weighted by Gasteiger charge is 2.02. The van der Waals surface area contributed by atoms with E-state index < -0.39 is 0 Å². The van der Waals surface area contributed by atoms with Gasteiger partial charge >= 0.3 is 5.97 Å². The lowest BCUT2D eigenvalue weighted by Gasteiger charge is -2.07. The van der Waals surface area contributed by atoms with Gasteiger partial charge in [-0.1, -0.05) is 23.2 Å². The number of anilines is 1. The van der Waals surface area contributed by atoms with Crippen LogP contribution in [0.4, 0.5) is 5.69 Å². The van der Waals surface area contributed by atoms with Crippen molar-refractivity contribution >= 4 is 34.9 Å². The summed E-state index contributed by atoms with van der Waals surface area (Å²) in [5.41, 5.74) is 0.793. The molecule has 0 aromatic heterocycles. The zero-order valence-electron chi connectivity index (χ0n) is 8.93. The first-order chi connectivity index (χ1) is 7.61. The molecule has 0 bridgehead atoms. The Morgan fingerprint density at radius 1 is 1.31 bits per heavy atom. The van der Waals surface area contributed by atoms with Crippen molar-refractivity contribution in [3.8, 4) is 0 Å². The molecule has 0 heterocycles. The average Bonchev–Trinajstić information content (AvgIpc) is 2.16. The highest BCUT2D eigenvalue weighted by atomic mass is 35.5. The number of carbonyl (C=O) groups excluding carboxylic acids is 1. The Bertz CT molecular complexity index is 349. The van der Waals surface area contributed by atoms with Crippen LogP contribution >= 0.6 is 23.2 Å². The highest BCUT2D eigenvalue weighted by Crippen LogP contribution is 2.22. The van der Waals surface area contributed by atoms with Gasteiger partial charge in [-0.05, 0) is 25.1 Å². The van der Waals surface area contributed by atoms with Gasteiger partial charge in [-0.3, -0.25) is 4.79 Å². The van der Waals surface area contributed by atoms with E-state index in [0.29, 0.717) is 29.6 Å². The Morgan fingerprint density at radius 2 is 1.94 bits per heavy atom. The summed E-state index contributed by atoms with van der Waals surface area (Å²) in [5, 5.41) is 4.17. The number of benzene rings is 1. The number of hydrogen-bond acceptors (Lipinski definition) is 3. The van der Waals surface area contributed by atoms with Gasteiger partial charge in [0.1, 0.15) is 0 Å². The Hall–Kier alpha value is -0.930. The molecule has 1 aromatic rings. The van der Waals surface area contributed by atoms with Crippen molar-refractivity contribution in [1.82, 2.24) is 0 Å². The van der Waals surface area contributed by atoms with Crippen LogP contribution in [0.3, 0.4) is 0 Å². The molecule has 0 saturated carbocycles. The molecule has 1 aromatic carbocycles. The minimum atomic E-state index is -0.219. The van der Waals surface area contributed by atoms with Crippen LogP contribution in [0.25, 0.3) is 0 Å². The van der Waals surface area contributed by atoms with E-state index in [-0.39, 0.29) is 5.97 Å². The van der Waals surface area contributed by atoms with E-state index in [1.165, 1.54) is 0 Å². The number of rotatable bonds is 5. The summed E-state index contributed by atoms with van der Waals surface area (Å²) in [6.07, 6.45) is 0.317. The van der Waals surface area contributed by atoms with Crippen LogP contribution in [0.2, 0.25) is 10.0 Å². The molecule has 0 radical (unpaired) electrons. The van der Waals surface area contributed by atoms with Crippen molar-refractivity contribution in [2.24, 2.45) is 0 Å². The van der Waals surface area contributed by atoms with Crippen molar-refractivity contribution in [1.29, 1.82) is 0 Å². The quantitative estimate of drug-likeness (QED) is 0.827. The topological polar surface area (TPSA) is 38.3 Å². The summed E-state index contributed by atoms with van der Waals surface area (Å²) in [5.74, 6) is -0.219. The number of carbonyl (C=O) groups is 1. The van der Waals surface area contributed by atoms with Crippen molar-refractivity contribution < 1.29 is 9.53 Å². The number of nitrogens with one attached hydrogen (secondary N) is 1. The molecule has 0 saturated heterocycles. The lowest BCUT2D eigenvalue weighted by atomic mass is 10.3. The van der Waals surface area contributed by atoms with Crippen molar-refractivity contribution in [2.75, 3.05) is 18.5 Å². The van der Waals surface area contributed by atoms with Gasteiger partial charge in [0.15, 0.2) is 0 Å². The standard InChI is InChI=1S/C11H13Cl2NO2/c1-2-16-11(15)3-4-14-10-6-8(12)5-9(13)7-10/h5-7,14H,2-4H2,1H3. The first kappa shape index (κ1) is 13.1. The van der Waals surface area contributed by atoms with E-state index in [1.807, 2.05) is 0 Å². The minimum Gasteiger partial charge on any atom is -0.466 e. The lowest BCUT2D eigenvalue weighted by molar-refractivity contribution is -0.142. The largest absolute Gasteiger partial charge is 0.466 e. The molecule has 3 nitrogen and oxygen atoms in total. The summed E-state index contributed by atoms with van der Waals surface area (Å²) < 4.78 is 4.80. The molecule has 5 heteroatoms. The predicted octanol–water partition coefficient (Wildman–Crippen LogP) is 3.36. The van der Waals surface area contributed by atoms with E-state index in [0.717, 1.165) is 5.69 Å². The van der Waals surface area contributed by atoms with Crippen LogP contribution < -0.4 is 5.32 Å².